The van der Waals surface area contributed by atoms with Gasteiger partial charge in [0.1, 0.15) is 0 Å². The Bertz CT molecular complexity index is 133. The SMILES string of the molecule is CCC[C@H]1OC[C@H](CC)C[C@@H]1CC. The zero-order valence-electron chi connectivity index (χ0n) is 9.38. The second-order valence-electron chi connectivity index (χ2n) is 4.34. The lowest BCUT2D eigenvalue weighted by Crippen LogP contribution is -2.34. The summed E-state index contributed by atoms with van der Waals surface area (Å²) in [7, 11) is 0. The molecule has 1 aliphatic rings. The lowest BCUT2D eigenvalue weighted by Gasteiger charge is -2.35. The van der Waals surface area contributed by atoms with Gasteiger partial charge in [-0.05, 0) is 24.7 Å². The number of rotatable bonds is 4. The van der Waals surface area contributed by atoms with E-state index in [2.05, 4.69) is 20.8 Å². The van der Waals surface area contributed by atoms with Gasteiger partial charge in [-0.1, -0.05) is 40.0 Å². The molecule has 0 N–H and O–H groups in total. The lowest BCUT2D eigenvalue weighted by atomic mass is 9.83. The number of ether oxygens (including phenoxy) is 1. The maximum Gasteiger partial charge on any atom is 0.0603 e. The molecular formula is C12H24O. The summed E-state index contributed by atoms with van der Waals surface area (Å²) in [4.78, 5) is 0. The molecule has 1 aliphatic heterocycles. The molecule has 0 amide bonds. The summed E-state index contributed by atoms with van der Waals surface area (Å²) in [6.07, 6.45) is 7.07. The molecule has 0 aliphatic carbocycles. The highest BCUT2D eigenvalue weighted by Gasteiger charge is 2.28. The largest absolute Gasteiger partial charge is 0.378 e. The van der Waals surface area contributed by atoms with E-state index in [-0.39, 0.29) is 0 Å². The highest BCUT2D eigenvalue weighted by molar-refractivity contribution is 4.77. The molecule has 1 rings (SSSR count). The Morgan fingerprint density at radius 3 is 2.46 bits per heavy atom. The van der Waals surface area contributed by atoms with Crippen LogP contribution >= 0.6 is 0 Å². The second-order valence-corrected chi connectivity index (χ2v) is 4.34. The van der Waals surface area contributed by atoms with E-state index in [1.807, 2.05) is 0 Å². The molecule has 0 saturated carbocycles. The first kappa shape index (κ1) is 11.0. The zero-order valence-corrected chi connectivity index (χ0v) is 9.38. The third-order valence-electron chi connectivity index (χ3n) is 3.38. The van der Waals surface area contributed by atoms with Crippen LogP contribution in [-0.4, -0.2) is 12.7 Å². The summed E-state index contributed by atoms with van der Waals surface area (Å²) in [6.45, 7) is 7.84. The molecule has 0 aromatic heterocycles. The standard InChI is InChI=1S/C12H24O/c1-4-7-12-11(6-3)8-10(5-2)9-13-12/h10-12H,4-9H2,1-3H3/t10-,11+,12-/m1/s1. The summed E-state index contributed by atoms with van der Waals surface area (Å²) in [6, 6.07) is 0. The topological polar surface area (TPSA) is 9.23 Å². The van der Waals surface area contributed by atoms with Crippen LogP contribution in [0.5, 0.6) is 0 Å². The normalized spacial score (nSPS) is 34.8. The third-order valence-corrected chi connectivity index (χ3v) is 3.38. The van der Waals surface area contributed by atoms with Crippen LogP contribution < -0.4 is 0 Å². The summed E-state index contributed by atoms with van der Waals surface area (Å²) in [5.41, 5.74) is 0. The molecule has 1 heterocycles. The minimum Gasteiger partial charge on any atom is -0.378 e. The van der Waals surface area contributed by atoms with Crippen LogP contribution in [0.4, 0.5) is 0 Å². The Kier molecular flexibility index (Phi) is 4.79. The fraction of sp³-hybridized carbons (Fsp3) is 1.00. The molecule has 0 bridgehead atoms. The maximum atomic E-state index is 5.93. The molecule has 0 aromatic carbocycles. The van der Waals surface area contributed by atoms with E-state index in [1.165, 1.54) is 32.1 Å². The smallest absolute Gasteiger partial charge is 0.0603 e. The molecule has 1 saturated heterocycles. The third kappa shape index (κ3) is 2.98. The van der Waals surface area contributed by atoms with Crippen molar-refractivity contribution in [3.63, 3.8) is 0 Å². The van der Waals surface area contributed by atoms with Crippen LogP contribution in [0.15, 0.2) is 0 Å². The molecule has 0 radical (unpaired) electrons. The summed E-state index contributed by atoms with van der Waals surface area (Å²) in [5, 5.41) is 0. The van der Waals surface area contributed by atoms with Crippen LogP contribution in [0.2, 0.25) is 0 Å². The first-order chi connectivity index (χ1) is 6.31. The predicted octanol–water partition coefficient (Wildman–Crippen LogP) is 3.63. The van der Waals surface area contributed by atoms with Gasteiger partial charge in [-0.3, -0.25) is 0 Å². The van der Waals surface area contributed by atoms with E-state index < -0.39 is 0 Å². The molecule has 1 heteroatoms. The molecule has 13 heavy (non-hydrogen) atoms. The van der Waals surface area contributed by atoms with Gasteiger partial charge in [0.05, 0.1) is 6.10 Å². The molecule has 0 aromatic rings. The van der Waals surface area contributed by atoms with Crippen molar-refractivity contribution < 1.29 is 4.74 Å². The first-order valence-electron chi connectivity index (χ1n) is 5.93. The van der Waals surface area contributed by atoms with Gasteiger partial charge in [-0.25, -0.2) is 0 Å². The predicted molar refractivity (Wildman–Crippen MR) is 56.8 cm³/mol. The van der Waals surface area contributed by atoms with Crippen LogP contribution in [0, 0.1) is 11.8 Å². The second kappa shape index (κ2) is 5.64. The van der Waals surface area contributed by atoms with Crippen molar-refractivity contribution in [3.8, 4) is 0 Å². The van der Waals surface area contributed by atoms with E-state index in [0.29, 0.717) is 6.10 Å². The van der Waals surface area contributed by atoms with E-state index >= 15 is 0 Å². The van der Waals surface area contributed by atoms with Gasteiger partial charge < -0.3 is 4.74 Å². The van der Waals surface area contributed by atoms with Crippen LogP contribution in [0.1, 0.15) is 52.9 Å². The van der Waals surface area contributed by atoms with Gasteiger partial charge in [0.2, 0.25) is 0 Å². The van der Waals surface area contributed by atoms with Crippen LogP contribution in [0.25, 0.3) is 0 Å². The van der Waals surface area contributed by atoms with E-state index in [4.69, 9.17) is 4.74 Å². The summed E-state index contributed by atoms with van der Waals surface area (Å²) >= 11 is 0. The Morgan fingerprint density at radius 2 is 1.92 bits per heavy atom. The highest BCUT2D eigenvalue weighted by atomic mass is 16.5. The van der Waals surface area contributed by atoms with Crippen molar-refractivity contribution in [2.24, 2.45) is 11.8 Å². The lowest BCUT2D eigenvalue weighted by molar-refractivity contribution is -0.0618. The molecular weight excluding hydrogens is 160 g/mol. The highest BCUT2D eigenvalue weighted by Crippen LogP contribution is 2.31. The minimum absolute atomic E-state index is 0.567. The fourth-order valence-corrected chi connectivity index (χ4v) is 2.36. The van der Waals surface area contributed by atoms with Crippen molar-refractivity contribution in [1.29, 1.82) is 0 Å². The van der Waals surface area contributed by atoms with Gasteiger partial charge in [-0.15, -0.1) is 0 Å². The van der Waals surface area contributed by atoms with Crippen molar-refractivity contribution in [3.05, 3.63) is 0 Å². The van der Waals surface area contributed by atoms with Gasteiger partial charge in [0.25, 0.3) is 0 Å². The van der Waals surface area contributed by atoms with E-state index in [1.54, 1.807) is 0 Å². The van der Waals surface area contributed by atoms with Crippen molar-refractivity contribution in [2.45, 2.75) is 59.0 Å². The Hall–Kier alpha value is -0.0400. The maximum absolute atomic E-state index is 5.93. The average Bonchev–Trinajstić information content (AvgIpc) is 2.19. The number of hydrogen-bond acceptors (Lipinski definition) is 1. The van der Waals surface area contributed by atoms with Gasteiger partial charge in [-0.2, -0.15) is 0 Å². The quantitative estimate of drug-likeness (QED) is 0.648. The fourth-order valence-electron chi connectivity index (χ4n) is 2.36. The molecule has 78 valence electrons. The summed E-state index contributed by atoms with van der Waals surface area (Å²) < 4.78 is 5.93. The van der Waals surface area contributed by atoms with E-state index in [9.17, 15) is 0 Å². The Labute approximate surface area is 82.9 Å². The van der Waals surface area contributed by atoms with E-state index in [0.717, 1.165) is 18.4 Å². The van der Waals surface area contributed by atoms with Crippen molar-refractivity contribution >= 4 is 0 Å². The van der Waals surface area contributed by atoms with Gasteiger partial charge in [0, 0.05) is 6.61 Å². The van der Waals surface area contributed by atoms with Crippen LogP contribution in [0.3, 0.4) is 0 Å². The van der Waals surface area contributed by atoms with Crippen LogP contribution in [-0.2, 0) is 4.74 Å². The minimum atomic E-state index is 0.567. The molecule has 1 fully saturated rings. The molecule has 1 nitrogen and oxygen atoms in total. The first-order valence-corrected chi connectivity index (χ1v) is 5.93. The molecule has 0 spiro atoms. The summed E-state index contributed by atoms with van der Waals surface area (Å²) in [5.74, 6) is 1.66. The molecule has 0 unspecified atom stereocenters. The Balaban J connectivity index is 2.40. The van der Waals surface area contributed by atoms with Crippen molar-refractivity contribution in [2.75, 3.05) is 6.61 Å². The van der Waals surface area contributed by atoms with Crippen molar-refractivity contribution in [1.82, 2.24) is 0 Å². The van der Waals surface area contributed by atoms with Gasteiger partial charge >= 0.3 is 0 Å². The monoisotopic (exact) mass is 184 g/mol. The van der Waals surface area contributed by atoms with Gasteiger partial charge in [0.15, 0.2) is 0 Å². The average molecular weight is 184 g/mol. The Morgan fingerprint density at radius 1 is 1.15 bits per heavy atom. The zero-order chi connectivity index (χ0) is 9.68. The number of hydrogen-bond donors (Lipinski definition) is 0. The molecule has 3 atom stereocenters.